The molecular formula is C20H23NO. The molecule has 0 unspecified atom stereocenters. The van der Waals surface area contributed by atoms with Gasteiger partial charge in [-0.15, -0.1) is 0 Å². The van der Waals surface area contributed by atoms with Crippen molar-refractivity contribution in [3.63, 3.8) is 0 Å². The normalized spacial score (nSPS) is 14.6. The van der Waals surface area contributed by atoms with Crippen LogP contribution in [0.5, 0.6) is 0 Å². The zero-order valence-electron chi connectivity index (χ0n) is 13.6. The van der Waals surface area contributed by atoms with Crippen LogP contribution in [0.3, 0.4) is 0 Å². The molecule has 1 amide bonds. The Morgan fingerprint density at radius 3 is 2.32 bits per heavy atom. The van der Waals surface area contributed by atoms with Crippen molar-refractivity contribution in [1.82, 2.24) is 4.90 Å². The van der Waals surface area contributed by atoms with Crippen LogP contribution in [0, 0.1) is 6.92 Å². The number of amides is 1. The van der Waals surface area contributed by atoms with Crippen molar-refractivity contribution in [2.45, 2.75) is 39.2 Å². The van der Waals surface area contributed by atoms with Crippen LogP contribution in [0.2, 0.25) is 0 Å². The van der Waals surface area contributed by atoms with Gasteiger partial charge >= 0.3 is 0 Å². The van der Waals surface area contributed by atoms with Crippen molar-refractivity contribution in [1.29, 1.82) is 0 Å². The molecule has 1 aliphatic heterocycles. The molecule has 1 aliphatic rings. The average Bonchev–Trinajstić information content (AvgIpc) is 2.54. The van der Waals surface area contributed by atoms with E-state index in [-0.39, 0.29) is 5.91 Å². The molecular weight excluding hydrogens is 270 g/mol. The second kappa shape index (κ2) is 5.60. The third-order valence-corrected chi connectivity index (χ3v) is 4.73. The first kappa shape index (κ1) is 14.8. The molecule has 0 N–H and O–H groups in total. The number of fused-ring (bicyclic) bond motifs is 1. The summed E-state index contributed by atoms with van der Waals surface area (Å²) in [5, 5.41) is 0. The highest BCUT2D eigenvalue weighted by molar-refractivity contribution is 5.87. The molecule has 0 bridgehead atoms. The van der Waals surface area contributed by atoms with Gasteiger partial charge in [0.2, 0.25) is 5.91 Å². The largest absolute Gasteiger partial charge is 0.337 e. The van der Waals surface area contributed by atoms with E-state index in [0.717, 1.165) is 25.1 Å². The summed E-state index contributed by atoms with van der Waals surface area (Å²) in [5.41, 5.74) is 4.47. The second-order valence-electron chi connectivity index (χ2n) is 6.74. The van der Waals surface area contributed by atoms with Gasteiger partial charge in [0, 0.05) is 13.1 Å². The molecule has 0 spiro atoms. The number of hydrogen-bond acceptors (Lipinski definition) is 1. The van der Waals surface area contributed by atoms with Gasteiger partial charge in [-0.1, -0.05) is 54.1 Å². The van der Waals surface area contributed by atoms with E-state index < -0.39 is 5.41 Å². The van der Waals surface area contributed by atoms with E-state index >= 15 is 0 Å². The van der Waals surface area contributed by atoms with Gasteiger partial charge in [0.25, 0.3) is 0 Å². The number of rotatable bonds is 2. The molecule has 22 heavy (non-hydrogen) atoms. The van der Waals surface area contributed by atoms with E-state index in [9.17, 15) is 4.79 Å². The Labute approximate surface area is 132 Å². The van der Waals surface area contributed by atoms with Crippen LogP contribution in [0.1, 0.15) is 36.1 Å². The summed E-state index contributed by atoms with van der Waals surface area (Å²) in [7, 11) is 0. The molecule has 2 heteroatoms. The average molecular weight is 293 g/mol. The van der Waals surface area contributed by atoms with E-state index in [1.807, 2.05) is 18.7 Å². The fraction of sp³-hybridized carbons (Fsp3) is 0.350. The first-order chi connectivity index (χ1) is 10.5. The highest BCUT2D eigenvalue weighted by Crippen LogP contribution is 2.29. The van der Waals surface area contributed by atoms with Crippen LogP contribution >= 0.6 is 0 Å². The van der Waals surface area contributed by atoms with E-state index in [0.29, 0.717) is 0 Å². The van der Waals surface area contributed by atoms with Crippen molar-refractivity contribution in [2.24, 2.45) is 0 Å². The van der Waals surface area contributed by atoms with Crippen LogP contribution in [-0.4, -0.2) is 17.4 Å². The topological polar surface area (TPSA) is 20.3 Å². The molecule has 0 saturated carbocycles. The van der Waals surface area contributed by atoms with E-state index in [1.165, 1.54) is 16.7 Å². The van der Waals surface area contributed by atoms with Gasteiger partial charge in [0.1, 0.15) is 0 Å². The number of hydrogen-bond donors (Lipinski definition) is 0. The van der Waals surface area contributed by atoms with E-state index in [1.54, 1.807) is 0 Å². The SMILES string of the molecule is Cc1ccc(C(C)(C)C(=O)N2CCc3ccccc3C2)cc1. The lowest BCUT2D eigenvalue weighted by atomic mass is 9.82. The fourth-order valence-electron chi connectivity index (χ4n) is 3.16. The van der Waals surface area contributed by atoms with E-state index in [4.69, 9.17) is 0 Å². The molecule has 3 rings (SSSR count). The van der Waals surface area contributed by atoms with Gasteiger partial charge in [-0.05, 0) is 43.9 Å². The minimum atomic E-state index is -0.486. The van der Waals surface area contributed by atoms with Gasteiger partial charge < -0.3 is 4.90 Å². The maximum absolute atomic E-state index is 13.0. The van der Waals surface area contributed by atoms with Crippen molar-refractivity contribution in [3.05, 3.63) is 70.8 Å². The van der Waals surface area contributed by atoms with E-state index in [2.05, 4.69) is 55.5 Å². The third kappa shape index (κ3) is 2.66. The standard InChI is InChI=1S/C20H23NO/c1-15-8-10-18(11-9-15)20(2,3)19(22)21-13-12-16-6-4-5-7-17(16)14-21/h4-11H,12-14H2,1-3H3. The minimum Gasteiger partial charge on any atom is -0.337 e. The lowest BCUT2D eigenvalue weighted by Crippen LogP contribution is -2.45. The van der Waals surface area contributed by atoms with Crippen molar-refractivity contribution in [3.8, 4) is 0 Å². The summed E-state index contributed by atoms with van der Waals surface area (Å²) >= 11 is 0. The van der Waals surface area contributed by atoms with Crippen LogP contribution in [-0.2, 0) is 23.2 Å². The zero-order valence-corrected chi connectivity index (χ0v) is 13.6. The lowest BCUT2D eigenvalue weighted by Gasteiger charge is -2.35. The number of nitrogens with zero attached hydrogens (tertiary/aromatic N) is 1. The number of benzene rings is 2. The van der Waals surface area contributed by atoms with Crippen molar-refractivity contribution < 1.29 is 4.79 Å². The van der Waals surface area contributed by atoms with Gasteiger partial charge in [0.15, 0.2) is 0 Å². The van der Waals surface area contributed by atoms with Gasteiger partial charge in [-0.3, -0.25) is 4.79 Å². The first-order valence-electron chi connectivity index (χ1n) is 7.92. The van der Waals surface area contributed by atoms with Crippen molar-refractivity contribution >= 4 is 5.91 Å². The van der Waals surface area contributed by atoms with Crippen molar-refractivity contribution in [2.75, 3.05) is 6.54 Å². The molecule has 2 nitrogen and oxygen atoms in total. The fourth-order valence-corrected chi connectivity index (χ4v) is 3.16. The van der Waals surface area contributed by atoms with Crippen LogP contribution < -0.4 is 0 Å². The maximum atomic E-state index is 13.0. The maximum Gasteiger partial charge on any atom is 0.232 e. The van der Waals surface area contributed by atoms with Crippen LogP contribution in [0.4, 0.5) is 0 Å². The highest BCUT2D eigenvalue weighted by Gasteiger charge is 2.34. The quantitative estimate of drug-likeness (QED) is 0.823. The second-order valence-corrected chi connectivity index (χ2v) is 6.74. The Kier molecular flexibility index (Phi) is 3.78. The van der Waals surface area contributed by atoms with Gasteiger partial charge in [-0.25, -0.2) is 0 Å². The molecule has 2 aromatic rings. The summed E-state index contributed by atoms with van der Waals surface area (Å²) < 4.78 is 0. The molecule has 0 saturated heterocycles. The monoisotopic (exact) mass is 293 g/mol. The Hall–Kier alpha value is -2.09. The first-order valence-corrected chi connectivity index (χ1v) is 7.92. The Bertz CT molecular complexity index is 685. The number of aryl methyl sites for hydroxylation is 1. The summed E-state index contributed by atoms with van der Waals surface area (Å²) in [6.45, 7) is 7.66. The third-order valence-electron chi connectivity index (χ3n) is 4.73. The molecule has 0 aromatic heterocycles. The van der Waals surface area contributed by atoms with Crippen LogP contribution in [0.25, 0.3) is 0 Å². The molecule has 0 fully saturated rings. The summed E-state index contributed by atoms with van der Waals surface area (Å²) in [5.74, 6) is 0.214. The molecule has 2 aromatic carbocycles. The smallest absolute Gasteiger partial charge is 0.232 e. The molecule has 0 atom stereocenters. The summed E-state index contributed by atoms with van der Waals surface area (Å²) in [6.07, 6.45) is 0.950. The van der Waals surface area contributed by atoms with Gasteiger partial charge in [-0.2, -0.15) is 0 Å². The molecule has 0 aliphatic carbocycles. The molecule has 1 heterocycles. The summed E-state index contributed by atoms with van der Waals surface area (Å²) in [6, 6.07) is 16.7. The minimum absolute atomic E-state index is 0.214. The highest BCUT2D eigenvalue weighted by atomic mass is 16.2. The number of carbonyl (C=O) groups excluding carboxylic acids is 1. The zero-order chi connectivity index (χ0) is 15.7. The summed E-state index contributed by atoms with van der Waals surface area (Å²) in [4.78, 5) is 15.0. The van der Waals surface area contributed by atoms with Gasteiger partial charge in [0.05, 0.1) is 5.41 Å². The Morgan fingerprint density at radius 2 is 1.64 bits per heavy atom. The Balaban J connectivity index is 1.83. The molecule has 0 radical (unpaired) electrons. The predicted molar refractivity (Wildman–Crippen MR) is 89.8 cm³/mol. The van der Waals surface area contributed by atoms with Crippen LogP contribution in [0.15, 0.2) is 48.5 Å². The lowest BCUT2D eigenvalue weighted by molar-refractivity contribution is -0.137. The molecule has 114 valence electrons. The number of carbonyl (C=O) groups is 1. The Morgan fingerprint density at radius 1 is 1.00 bits per heavy atom. The predicted octanol–water partition coefficient (Wildman–Crippen LogP) is 3.86.